The minimum absolute atomic E-state index is 1.02. The van der Waals surface area contributed by atoms with Crippen LogP contribution < -0.4 is 5.73 Å². The molecule has 0 bridgehead atoms. The van der Waals surface area contributed by atoms with Gasteiger partial charge in [0, 0.05) is 5.70 Å². The van der Waals surface area contributed by atoms with Crippen LogP contribution in [0.25, 0.3) is 0 Å². The summed E-state index contributed by atoms with van der Waals surface area (Å²) in [5, 5.41) is 0. The normalized spacial score (nSPS) is 10.0. The number of hydrogen-bond acceptors (Lipinski definition) is 1. The van der Waals surface area contributed by atoms with Crippen molar-refractivity contribution in [1.82, 2.24) is 0 Å². The first-order valence-electron chi connectivity index (χ1n) is 3.72. The smallest absolute Gasteiger partial charge is 0.00371 e. The van der Waals surface area contributed by atoms with Crippen molar-refractivity contribution in [3.05, 3.63) is 24.9 Å². The van der Waals surface area contributed by atoms with Crippen LogP contribution in [0.3, 0.4) is 0 Å². The summed E-state index contributed by atoms with van der Waals surface area (Å²) in [5.41, 5.74) is 6.54. The third kappa shape index (κ3) is 10.3. The maximum absolute atomic E-state index is 5.52. The highest BCUT2D eigenvalue weighted by Gasteiger charge is 1.84. The zero-order valence-corrected chi connectivity index (χ0v) is 7.19. The summed E-state index contributed by atoms with van der Waals surface area (Å²) in [6.45, 7) is 10.1. The van der Waals surface area contributed by atoms with Crippen LogP contribution in [-0.2, 0) is 0 Å². The van der Waals surface area contributed by atoms with Gasteiger partial charge in [-0.1, -0.05) is 19.4 Å². The average Bonchev–Trinajstić information content (AvgIpc) is 2.04. The first kappa shape index (κ1) is 12.0. The standard InChI is InChI=1S/C7H15N.C2H4/c1-3-5-6-7(8)4-2;1-2/h4H,3,5-6,8H2,1-2H3;1-2H2/b7-4+;. The Hall–Kier alpha value is -0.720. The maximum atomic E-state index is 5.52. The Morgan fingerprint density at radius 3 is 2.30 bits per heavy atom. The lowest BCUT2D eigenvalue weighted by atomic mass is 10.2. The molecule has 0 aliphatic rings. The molecule has 0 aromatic rings. The van der Waals surface area contributed by atoms with Crippen LogP contribution in [0.15, 0.2) is 24.9 Å². The van der Waals surface area contributed by atoms with Crippen molar-refractivity contribution in [1.29, 1.82) is 0 Å². The van der Waals surface area contributed by atoms with Crippen molar-refractivity contribution in [3.63, 3.8) is 0 Å². The van der Waals surface area contributed by atoms with Crippen LogP contribution in [0.2, 0.25) is 0 Å². The summed E-state index contributed by atoms with van der Waals surface area (Å²) in [6.07, 6.45) is 5.48. The Kier molecular flexibility index (Phi) is 13.4. The molecule has 0 aromatic carbocycles. The van der Waals surface area contributed by atoms with Crippen molar-refractivity contribution >= 4 is 0 Å². The molecule has 0 aliphatic heterocycles. The van der Waals surface area contributed by atoms with Gasteiger partial charge in [0.2, 0.25) is 0 Å². The van der Waals surface area contributed by atoms with Crippen LogP contribution in [0.1, 0.15) is 33.1 Å². The Morgan fingerprint density at radius 1 is 1.50 bits per heavy atom. The lowest BCUT2D eigenvalue weighted by Gasteiger charge is -1.95. The van der Waals surface area contributed by atoms with Gasteiger partial charge in [0.1, 0.15) is 0 Å². The molecule has 0 heterocycles. The lowest BCUT2D eigenvalue weighted by molar-refractivity contribution is 0.780. The number of allylic oxidation sites excluding steroid dienone is 2. The molecule has 0 amide bonds. The van der Waals surface area contributed by atoms with Gasteiger partial charge in [-0.15, -0.1) is 13.2 Å². The summed E-state index contributed by atoms with van der Waals surface area (Å²) in [4.78, 5) is 0. The fourth-order valence-electron chi connectivity index (χ4n) is 0.525. The quantitative estimate of drug-likeness (QED) is 0.601. The van der Waals surface area contributed by atoms with Crippen molar-refractivity contribution < 1.29 is 0 Å². The van der Waals surface area contributed by atoms with Crippen LogP contribution in [-0.4, -0.2) is 0 Å². The van der Waals surface area contributed by atoms with Crippen molar-refractivity contribution in [2.75, 3.05) is 0 Å². The van der Waals surface area contributed by atoms with E-state index in [9.17, 15) is 0 Å². The van der Waals surface area contributed by atoms with Gasteiger partial charge < -0.3 is 5.73 Å². The van der Waals surface area contributed by atoms with Crippen LogP contribution in [0.4, 0.5) is 0 Å². The molecule has 0 fully saturated rings. The zero-order chi connectivity index (χ0) is 8.41. The van der Waals surface area contributed by atoms with Crippen LogP contribution >= 0.6 is 0 Å². The maximum Gasteiger partial charge on any atom is 0.00371 e. The SMILES string of the molecule is C/C=C(/N)CCCC.C=C. The molecule has 0 rings (SSSR count). The molecule has 0 atom stereocenters. The van der Waals surface area contributed by atoms with Gasteiger partial charge in [0.05, 0.1) is 0 Å². The molecule has 0 unspecified atom stereocenters. The third-order valence-electron chi connectivity index (χ3n) is 1.19. The topological polar surface area (TPSA) is 26.0 Å². The van der Waals surface area contributed by atoms with Crippen molar-refractivity contribution in [2.45, 2.75) is 33.1 Å². The van der Waals surface area contributed by atoms with E-state index in [1.54, 1.807) is 0 Å². The van der Waals surface area contributed by atoms with E-state index in [1.807, 2.05) is 13.0 Å². The minimum Gasteiger partial charge on any atom is -0.402 e. The second kappa shape index (κ2) is 11.1. The summed E-state index contributed by atoms with van der Waals surface area (Å²) in [7, 11) is 0. The fraction of sp³-hybridized carbons (Fsp3) is 0.556. The highest BCUT2D eigenvalue weighted by molar-refractivity contribution is 4.92. The van der Waals surface area contributed by atoms with Gasteiger partial charge in [-0.2, -0.15) is 0 Å². The van der Waals surface area contributed by atoms with E-state index in [1.165, 1.54) is 12.8 Å². The van der Waals surface area contributed by atoms with E-state index in [-0.39, 0.29) is 0 Å². The molecule has 60 valence electrons. The molecule has 2 N–H and O–H groups in total. The van der Waals surface area contributed by atoms with Gasteiger partial charge in [-0.25, -0.2) is 0 Å². The number of hydrogen-bond donors (Lipinski definition) is 1. The molecule has 1 nitrogen and oxygen atoms in total. The predicted octanol–water partition coefficient (Wildman–Crippen LogP) is 2.84. The molecule has 0 spiro atoms. The molecular formula is C9H19N. The minimum atomic E-state index is 1.02. The Morgan fingerprint density at radius 2 is 2.00 bits per heavy atom. The molecule has 1 heteroatoms. The molecular weight excluding hydrogens is 122 g/mol. The predicted molar refractivity (Wildman–Crippen MR) is 48.7 cm³/mol. The molecule has 0 aliphatic carbocycles. The Balaban J connectivity index is 0. The third-order valence-corrected chi connectivity index (χ3v) is 1.19. The van der Waals surface area contributed by atoms with E-state index >= 15 is 0 Å². The Labute approximate surface area is 64.6 Å². The number of rotatable bonds is 3. The number of nitrogens with two attached hydrogens (primary N) is 1. The van der Waals surface area contributed by atoms with Gasteiger partial charge in [0.25, 0.3) is 0 Å². The first-order chi connectivity index (χ1) is 4.81. The van der Waals surface area contributed by atoms with Crippen molar-refractivity contribution in [3.8, 4) is 0 Å². The van der Waals surface area contributed by atoms with Gasteiger partial charge in [-0.3, -0.25) is 0 Å². The monoisotopic (exact) mass is 141 g/mol. The van der Waals surface area contributed by atoms with Gasteiger partial charge in [0.15, 0.2) is 0 Å². The molecule has 0 saturated carbocycles. The first-order valence-corrected chi connectivity index (χ1v) is 3.72. The lowest BCUT2D eigenvalue weighted by Crippen LogP contribution is -1.94. The summed E-state index contributed by atoms with van der Waals surface area (Å²) in [6, 6.07) is 0. The summed E-state index contributed by atoms with van der Waals surface area (Å²) < 4.78 is 0. The fourth-order valence-corrected chi connectivity index (χ4v) is 0.525. The second-order valence-electron chi connectivity index (χ2n) is 1.97. The van der Waals surface area contributed by atoms with E-state index in [4.69, 9.17) is 5.73 Å². The van der Waals surface area contributed by atoms with Gasteiger partial charge >= 0.3 is 0 Å². The molecule has 0 radical (unpaired) electrons. The largest absolute Gasteiger partial charge is 0.402 e. The molecule has 0 aromatic heterocycles. The highest BCUT2D eigenvalue weighted by atomic mass is 14.6. The zero-order valence-electron chi connectivity index (χ0n) is 7.19. The van der Waals surface area contributed by atoms with E-state index in [2.05, 4.69) is 20.1 Å². The highest BCUT2D eigenvalue weighted by Crippen LogP contribution is 1.99. The molecule has 0 saturated heterocycles. The molecule has 10 heavy (non-hydrogen) atoms. The second-order valence-corrected chi connectivity index (χ2v) is 1.97. The van der Waals surface area contributed by atoms with E-state index < -0.39 is 0 Å². The van der Waals surface area contributed by atoms with Crippen molar-refractivity contribution in [2.24, 2.45) is 5.73 Å². The van der Waals surface area contributed by atoms with Crippen LogP contribution in [0.5, 0.6) is 0 Å². The summed E-state index contributed by atoms with van der Waals surface area (Å²) >= 11 is 0. The van der Waals surface area contributed by atoms with E-state index in [0.717, 1.165) is 12.1 Å². The van der Waals surface area contributed by atoms with Gasteiger partial charge in [-0.05, 0) is 19.8 Å². The van der Waals surface area contributed by atoms with E-state index in [0.29, 0.717) is 0 Å². The Bertz CT molecular complexity index is 84.7. The summed E-state index contributed by atoms with van der Waals surface area (Å²) in [5.74, 6) is 0. The average molecular weight is 141 g/mol. The number of unbranched alkanes of at least 4 members (excludes halogenated alkanes) is 1. The van der Waals surface area contributed by atoms with Crippen LogP contribution in [0, 0.1) is 0 Å².